The van der Waals surface area contributed by atoms with Crippen LogP contribution in [0.3, 0.4) is 0 Å². The molecule has 0 spiro atoms. The molecule has 1 fully saturated rings. The molecule has 0 heterocycles. The van der Waals surface area contributed by atoms with Crippen molar-refractivity contribution in [3.05, 3.63) is 58.1 Å². The maximum absolute atomic E-state index is 13.6. The lowest BCUT2D eigenvalue weighted by molar-refractivity contribution is -0.139. The number of anilines is 1. The first-order chi connectivity index (χ1) is 17.0. The van der Waals surface area contributed by atoms with Crippen LogP contribution in [0.15, 0.2) is 42.5 Å². The molecule has 1 atom stereocenters. The van der Waals surface area contributed by atoms with Crippen LogP contribution in [0.5, 0.6) is 5.75 Å². The van der Waals surface area contributed by atoms with Crippen LogP contribution < -0.4 is 14.4 Å². The van der Waals surface area contributed by atoms with Crippen molar-refractivity contribution >= 4 is 50.7 Å². The molecule has 1 N–H and O–H groups in total. The Hall–Kier alpha value is -2.49. The van der Waals surface area contributed by atoms with Crippen molar-refractivity contribution in [3.63, 3.8) is 0 Å². The van der Waals surface area contributed by atoms with E-state index in [2.05, 4.69) is 5.32 Å². The van der Waals surface area contributed by atoms with E-state index in [0.717, 1.165) is 41.8 Å². The largest absolute Gasteiger partial charge is 0.495 e. The molecule has 0 bridgehead atoms. The van der Waals surface area contributed by atoms with Crippen molar-refractivity contribution in [2.45, 2.75) is 51.2 Å². The lowest BCUT2D eigenvalue weighted by Crippen LogP contribution is -2.52. The highest BCUT2D eigenvalue weighted by Gasteiger charge is 2.31. The highest BCUT2D eigenvalue weighted by atomic mass is 35.5. The third-order valence-corrected chi connectivity index (χ3v) is 7.93. The summed E-state index contributed by atoms with van der Waals surface area (Å²) in [5, 5.41) is 3.78. The number of methoxy groups -OCH3 is 1. The molecule has 2 aromatic carbocycles. The molecule has 2 aromatic rings. The molecule has 0 unspecified atom stereocenters. The second-order valence-electron chi connectivity index (χ2n) is 8.90. The Morgan fingerprint density at radius 2 is 1.75 bits per heavy atom. The summed E-state index contributed by atoms with van der Waals surface area (Å²) in [6, 6.07) is 10.7. The van der Waals surface area contributed by atoms with Gasteiger partial charge in [0.2, 0.25) is 21.8 Å². The maximum Gasteiger partial charge on any atom is 0.244 e. The second-order valence-corrected chi connectivity index (χ2v) is 11.7. The molecule has 0 aromatic heterocycles. The third-order valence-electron chi connectivity index (χ3n) is 6.24. The van der Waals surface area contributed by atoms with E-state index in [9.17, 15) is 18.0 Å². The van der Waals surface area contributed by atoms with Gasteiger partial charge in [-0.3, -0.25) is 13.9 Å². The van der Waals surface area contributed by atoms with E-state index < -0.39 is 28.5 Å². The zero-order valence-electron chi connectivity index (χ0n) is 20.5. The molecule has 1 aliphatic carbocycles. The van der Waals surface area contributed by atoms with E-state index in [1.165, 1.54) is 30.2 Å². The van der Waals surface area contributed by atoms with Gasteiger partial charge in [-0.1, -0.05) is 48.2 Å². The fourth-order valence-corrected chi connectivity index (χ4v) is 5.40. The monoisotopic (exact) mass is 555 g/mol. The molecule has 8 nitrogen and oxygen atoms in total. The summed E-state index contributed by atoms with van der Waals surface area (Å²) in [5.41, 5.74) is 0.970. The van der Waals surface area contributed by atoms with E-state index in [1.54, 1.807) is 31.2 Å². The van der Waals surface area contributed by atoms with E-state index in [-0.39, 0.29) is 29.2 Å². The van der Waals surface area contributed by atoms with Gasteiger partial charge in [0.15, 0.2) is 0 Å². The third kappa shape index (κ3) is 7.27. The van der Waals surface area contributed by atoms with E-state index >= 15 is 0 Å². The van der Waals surface area contributed by atoms with Crippen LogP contribution in [0, 0.1) is 0 Å². The van der Waals surface area contributed by atoms with E-state index in [1.807, 2.05) is 0 Å². The molecule has 36 heavy (non-hydrogen) atoms. The minimum atomic E-state index is -3.86. The summed E-state index contributed by atoms with van der Waals surface area (Å²) < 4.78 is 31.5. The normalized spacial score (nSPS) is 14.8. The fourth-order valence-electron chi connectivity index (χ4n) is 4.19. The first-order valence-corrected chi connectivity index (χ1v) is 14.3. The van der Waals surface area contributed by atoms with Gasteiger partial charge in [-0.15, -0.1) is 0 Å². The SMILES string of the molecule is COc1ccc(N(CC(=O)N(Cc2ccc(Cl)cc2)[C@H](C)C(=O)NC2CCCC2)S(C)(=O)=O)cc1Cl. The van der Waals surface area contributed by atoms with Crippen molar-refractivity contribution in [1.82, 2.24) is 10.2 Å². The maximum atomic E-state index is 13.6. The van der Waals surface area contributed by atoms with E-state index in [0.29, 0.717) is 10.8 Å². The lowest BCUT2D eigenvalue weighted by atomic mass is 10.1. The zero-order chi connectivity index (χ0) is 26.5. The van der Waals surface area contributed by atoms with Crippen molar-refractivity contribution in [2.75, 3.05) is 24.2 Å². The average Bonchev–Trinajstić information content (AvgIpc) is 3.33. The number of rotatable bonds is 10. The van der Waals surface area contributed by atoms with Crippen molar-refractivity contribution in [3.8, 4) is 5.75 Å². The van der Waals surface area contributed by atoms with Gasteiger partial charge >= 0.3 is 0 Å². The predicted octanol–water partition coefficient (Wildman–Crippen LogP) is 4.24. The minimum Gasteiger partial charge on any atom is -0.495 e. The molecule has 0 aliphatic heterocycles. The summed E-state index contributed by atoms with van der Waals surface area (Å²) in [6.07, 6.45) is 4.94. The Bertz CT molecular complexity index is 1180. The topological polar surface area (TPSA) is 96.0 Å². The number of carbonyl (C=O) groups excluding carboxylic acids is 2. The summed E-state index contributed by atoms with van der Waals surface area (Å²) in [7, 11) is -2.41. The van der Waals surface area contributed by atoms with Crippen LogP contribution in [0.25, 0.3) is 0 Å². The number of hydrogen-bond donors (Lipinski definition) is 1. The van der Waals surface area contributed by atoms with Gasteiger partial charge in [-0.05, 0) is 55.7 Å². The van der Waals surface area contributed by atoms with Gasteiger partial charge in [0.1, 0.15) is 18.3 Å². The number of halogens is 2. The number of sulfonamides is 1. The number of amides is 2. The quantitative estimate of drug-likeness (QED) is 0.472. The molecule has 11 heteroatoms. The number of benzene rings is 2. The van der Waals surface area contributed by atoms with Gasteiger partial charge in [0.05, 0.1) is 24.1 Å². The van der Waals surface area contributed by atoms with Gasteiger partial charge < -0.3 is 15.0 Å². The minimum absolute atomic E-state index is 0.0846. The molecule has 196 valence electrons. The van der Waals surface area contributed by atoms with Gasteiger partial charge in [-0.25, -0.2) is 8.42 Å². The molecule has 1 saturated carbocycles. The first kappa shape index (κ1) is 28.1. The Kier molecular flexibility index (Phi) is 9.49. The van der Waals surface area contributed by atoms with Crippen LogP contribution in [0.1, 0.15) is 38.2 Å². The molecular weight excluding hydrogens is 525 g/mol. The van der Waals surface area contributed by atoms with Crippen LogP contribution in [0.4, 0.5) is 5.69 Å². The number of nitrogens with zero attached hydrogens (tertiary/aromatic N) is 2. The van der Waals surface area contributed by atoms with Crippen molar-refractivity contribution in [2.24, 2.45) is 0 Å². The summed E-state index contributed by atoms with van der Waals surface area (Å²) in [4.78, 5) is 28.0. The summed E-state index contributed by atoms with van der Waals surface area (Å²) in [6.45, 7) is 1.25. The van der Waals surface area contributed by atoms with Crippen LogP contribution in [0.2, 0.25) is 10.0 Å². The average molecular weight is 557 g/mol. The van der Waals surface area contributed by atoms with Crippen LogP contribution in [-0.2, 0) is 26.2 Å². The predicted molar refractivity (Wildman–Crippen MR) is 142 cm³/mol. The Labute approximate surface area is 222 Å². The highest BCUT2D eigenvalue weighted by molar-refractivity contribution is 7.92. The standard InChI is InChI=1S/C25H31Cl2N3O5S/c1-17(25(32)28-20-6-4-5-7-20)29(15-18-8-10-19(26)11-9-18)24(31)16-30(36(3,33)34)21-12-13-23(35-2)22(27)14-21/h8-14,17,20H,4-7,15-16H2,1-3H3,(H,28,32)/t17-/m1/s1. The van der Waals surface area contributed by atoms with Gasteiger partial charge in [-0.2, -0.15) is 0 Å². The molecule has 1 aliphatic rings. The Morgan fingerprint density at radius 1 is 1.11 bits per heavy atom. The molecule has 3 rings (SSSR count). The molecule has 0 saturated heterocycles. The molecule has 0 radical (unpaired) electrons. The van der Waals surface area contributed by atoms with Crippen LogP contribution >= 0.6 is 23.2 Å². The van der Waals surface area contributed by atoms with Crippen molar-refractivity contribution in [1.29, 1.82) is 0 Å². The second kappa shape index (κ2) is 12.2. The molecular formula is C25H31Cl2N3O5S. The number of carbonyl (C=O) groups is 2. The number of ether oxygens (including phenoxy) is 1. The van der Waals surface area contributed by atoms with Crippen LogP contribution in [-0.4, -0.2) is 57.1 Å². The van der Waals surface area contributed by atoms with E-state index in [4.69, 9.17) is 27.9 Å². The summed E-state index contributed by atoms with van der Waals surface area (Å²) in [5.74, 6) is -0.430. The Balaban J connectivity index is 1.89. The smallest absolute Gasteiger partial charge is 0.244 e. The van der Waals surface area contributed by atoms with Gasteiger partial charge in [0, 0.05) is 17.6 Å². The zero-order valence-corrected chi connectivity index (χ0v) is 22.9. The first-order valence-electron chi connectivity index (χ1n) is 11.6. The van der Waals surface area contributed by atoms with Gasteiger partial charge in [0.25, 0.3) is 0 Å². The number of hydrogen-bond acceptors (Lipinski definition) is 5. The molecule has 2 amide bonds. The number of nitrogens with one attached hydrogen (secondary N) is 1. The highest BCUT2D eigenvalue weighted by Crippen LogP contribution is 2.30. The summed E-state index contributed by atoms with van der Waals surface area (Å²) >= 11 is 12.2. The lowest BCUT2D eigenvalue weighted by Gasteiger charge is -2.32. The fraction of sp³-hybridized carbons (Fsp3) is 0.440. The Morgan fingerprint density at radius 3 is 2.31 bits per heavy atom. The van der Waals surface area contributed by atoms with Crippen molar-refractivity contribution < 1.29 is 22.7 Å².